The van der Waals surface area contributed by atoms with E-state index < -0.39 is 0 Å². The highest BCUT2D eigenvalue weighted by Crippen LogP contribution is 2.05. The molecule has 0 spiro atoms. The fourth-order valence-electron chi connectivity index (χ4n) is 1.43. The second kappa shape index (κ2) is 6.88. The molecule has 3 heteroatoms. The summed E-state index contributed by atoms with van der Waals surface area (Å²) in [5, 5.41) is 5.67. The van der Waals surface area contributed by atoms with Gasteiger partial charge in [0.15, 0.2) is 0 Å². The molecule has 0 bridgehead atoms. The van der Waals surface area contributed by atoms with Gasteiger partial charge >= 0.3 is 6.03 Å². The van der Waals surface area contributed by atoms with Crippen LogP contribution in [0.15, 0.2) is 24.3 Å². The Morgan fingerprint density at radius 3 is 2.69 bits per heavy atom. The lowest BCUT2D eigenvalue weighted by Gasteiger charge is -2.08. The molecular weight excluding hydrogens is 200 g/mol. The molecular formula is C13H20N2O. The molecule has 0 saturated carbocycles. The fraction of sp³-hybridized carbons (Fsp3) is 0.462. The highest BCUT2D eigenvalue weighted by atomic mass is 16.2. The second-order valence-electron chi connectivity index (χ2n) is 3.89. The van der Waals surface area contributed by atoms with Crippen LogP contribution in [0, 0.1) is 6.92 Å². The van der Waals surface area contributed by atoms with E-state index in [0.29, 0.717) is 6.54 Å². The van der Waals surface area contributed by atoms with Crippen LogP contribution in [0.25, 0.3) is 0 Å². The van der Waals surface area contributed by atoms with E-state index >= 15 is 0 Å². The Bertz CT molecular complexity index is 336. The minimum absolute atomic E-state index is 0.0864. The maximum atomic E-state index is 11.4. The molecule has 0 heterocycles. The molecule has 0 fully saturated rings. The van der Waals surface area contributed by atoms with Gasteiger partial charge in [0.2, 0.25) is 0 Å². The number of unbranched alkanes of at least 4 members (excludes halogenated alkanes) is 1. The molecule has 1 aromatic rings. The summed E-state index contributed by atoms with van der Waals surface area (Å²) in [6, 6.07) is 7.98. The number of benzene rings is 1. The minimum atomic E-state index is -0.0864. The number of carbonyl (C=O) groups is 1. The van der Waals surface area contributed by atoms with E-state index in [1.54, 1.807) is 0 Å². The SMILES string of the molecule is CCCCNC(=O)NCc1ccccc1C. The quantitative estimate of drug-likeness (QED) is 0.736. The van der Waals surface area contributed by atoms with Gasteiger partial charge in [0, 0.05) is 13.1 Å². The van der Waals surface area contributed by atoms with Crippen molar-refractivity contribution < 1.29 is 4.79 Å². The Hall–Kier alpha value is -1.51. The molecule has 16 heavy (non-hydrogen) atoms. The van der Waals surface area contributed by atoms with Gasteiger partial charge in [-0.15, -0.1) is 0 Å². The topological polar surface area (TPSA) is 41.1 Å². The summed E-state index contributed by atoms with van der Waals surface area (Å²) in [5.41, 5.74) is 2.37. The average Bonchev–Trinajstić information content (AvgIpc) is 2.28. The van der Waals surface area contributed by atoms with E-state index in [0.717, 1.165) is 24.9 Å². The molecule has 0 radical (unpaired) electrons. The number of hydrogen-bond donors (Lipinski definition) is 2. The molecule has 1 rings (SSSR count). The molecule has 0 aliphatic heterocycles. The lowest BCUT2D eigenvalue weighted by molar-refractivity contribution is 0.240. The largest absolute Gasteiger partial charge is 0.338 e. The molecule has 0 saturated heterocycles. The van der Waals surface area contributed by atoms with Gasteiger partial charge in [-0.2, -0.15) is 0 Å². The van der Waals surface area contributed by atoms with Crippen LogP contribution in [0.5, 0.6) is 0 Å². The number of urea groups is 1. The summed E-state index contributed by atoms with van der Waals surface area (Å²) >= 11 is 0. The van der Waals surface area contributed by atoms with Gasteiger partial charge in [-0.1, -0.05) is 37.6 Å². The van der Waals surface area contributed by atoms with Crippen LogP contribution in [0.1, 0.15) is 30.9 Å². The van der Waals surface area contributed by atoms with Crippen molar-refractivity contribution in [1.82, 2.24) is 10.6 Å². The van der Waals surface area contributed by atoms with Gasteiger partial charge in [-0.05, 0) is 24.5 Å². The molecule has 2 N–H and O–H groups in total. The van der Waals surface area contributed by atoms with Gasteiger partial charge in [-0.25, -0.2) is 4.79 Å². The zero-order valence-corrected chi connectivity index (χ0v) is 10.0. The number of carbonyl (C=O) groups excluding carboxylic acids is 1. The lowest BCUT2D eigenvalue weighted by atomic mass is 10.1. The number of amides is 2. The summed E-state index contributed by atoms with van der Waals surface area (Å²) < 4.78 is 0. The Morgan fingerprint density at radius 1 is 1.25 bits per heavy atom. The van der Waals surface area contributed by atoms with Crippen molar-refractivity contribution in [2.45, 2.75) is 33.2 Å². The molecule has 1 aromatic carbocycles. The molecule has 0 aromatic heterocycles. The fourth-order valence-corrected chi connectivity index (χ4v) is 1.43. The van der Waals surface area contributed by atoms with Crippen LogP contribution in [-0.4, -0.2) is 12.6 Å². The molecule has 2 amide bonds. The second-order valence-corrected chi connectivity index (χ2v) is 3.89. The first kappa shape index (κ1) is 12.6. The average molecular weight is 220 g/mol. The zero-order valence-electron chi connectivity index (χ0n) is 10.0. The first-order valence-electron chi connectivity index (χ1n) is 5.80. The Labute approximate surface area is 97.2 Å². The standard InChI is InChI=1S/C13H20N2O/c1-3-4-9-14-13(16)15-10-12-8-6-5-7-11(12)2/h5-8H,3-4,9-10H2,1-2H3,(H2,14,15,16). The van der Waals surface area contributed by atoms with Crippen LogP contribution < -0.4 is 10.6 Å². The third-order valence-corrected chi connectivity index (χ3v) is 2.52. The first-order valence-corrected chi connectivity index (χ1v) is 5.80. The first-order chi connectivity index (χ1) is 7.74. The molecule has 0 atom stereocenters. The van der Waals surface area contributed by atoms with E-state index in [9.17, 15) is 4.79 Å². The summed E-state index contributed by atoms with van der Waals surface area (Å²) in [6.45, 7) is 5.49. The van der Waals surface area contributed by atoms with E-state index in [-0.39, 0.29) is 6.03 Å². The van der Waals surface area contributed by atoms with E-state index in [1.807, 2.05) is 31.2 Å². The smallest absolute Gasteiger partial charge is 0.315 e. The number of hydrogen-bond acceptors (Lipinski definition) is 1. The maximum absolute atomic E-state index is 11.4. The zero-order chi connectivity index (χ0) is 11.8. The summed E-state index contributed by atoms with van der Waals surface area (Å²) in [6.07, 6.45) is 2.12. The summed E-state index contributed by atoms with van der Waals surface area (Å²) in [7, 11) is 0. The van der Waals surface area contributed by atoms with Crippen molar-refractivity contribution in [1.29, 1.82) is 0 Å². The van der Waals surface area contributed by atoms with Crippen molar-refractivity contribution in [2.24, 2.45) is 0 Å². The highest BCUT2D eigenvalue weighted by Gasteiger charge is 2.00. The number of rotatable bonds is 5. The third kappa shape index (κ3) is 4.34. The van der Waals surface area contributed by atoms with Gasteiger partial charge in [-0.3, -0.25) is 0 Å². The molecule has 88 valence electrons. The van der Waals surface area contributed by atoms with Crippen molar-refractivity contribution in [2.75, 3.05) is 6.54 Å². The van der Waals surface area contributed by atoms with Crippen molar-refractivity contribution in [3.8, 4) is 0 Å². The van der Waals surface area contributed by atoms with Crippen LogP contribution in [0.2, 0.25) is 0 Å². The highest BCUT2D eigenvalue weighted by molar-refractivity contribution is 5.73. The van der Waals surface area contributed by atoms with Gasteiger partial charge in [0.1, 0.15) is 0 Å². The van der Waals surface area contributed by atoms with Crippen molar-refractivity contribution in [3.05, 3.63) is 35.4 Å². The molecule has 0 aliphatic rings. The number of nitrogens with one attached hydrogen (secondary N) is 2. The van der Waals surface area contributed by atoms with Crippen molar-refractivity contribution >= 4 is 6.03 Å². The molecule has 0 aliphatic carbocycles. The van der Waals surface area contributed by atoms with E-state index in [1.165, 1.54) is 5.56 Å². The minimum Gasteiger partial charge on any atom is -0.338 e. The van der Waals surface area contributed by atoms with Gasteiger partial charge < -0.3 is 10.6 Å². The van der Waals surface area contributed by atoms with E-state index in [4.69, 9.17) is 0 Å². The van der Waals surface area contributed by atoms with Crippen LogP contribution in [-0.2, 0) is 6.54 Å². The molecule has 0 unspecified atom stereocenters. The van der Waals surface area contributed by atoms with Gasteiger partial charge in [0.25, 0.3) is 0 Å². The van der Waals surface area contributed by atoms with Gasteiger partial charge in [0.05, 0.1) is 0 Å². The lowest BCUT2D eigenvalue weighted by Crippen LogP contribution is -2.35. The Balaban J connectivity index is 2.29. The van der Waals surface area contributed by atoms with Crippen molar-refractivity contribution in [3.63, 3.8) is 0 Å². The van der Waals surface area contributed by atoms with Crippen LogP contribution in [0.3, 0.4) is 0 Å². The predicted octanol–water partition coefficient (Wildman–Crippen LogP) is 2.59. The Kier molecular flexibility index (Phi) is 5.40. The third-order valence-electron chi connectivity index (χ3n) is 2.52. The summed E-state index contributed by atoms with van der Waals surface area (Å²) in [5.74, 6) is 0. The normalized spacial score (nSPS) is 9.88. The van der Waals surface area contributed by atoms with Crippen LogP contribution >= 0.6 is 0 Å². The van der Waals surface area contributed by atoms with Crippen LogP contribution in [0.4, 0.5) is 4.79 Å². The monoisotopic (exact) mass is 220 g/mol. The number of aryl methyl sites for hydroxylation is 1. The Morgan fingerprint density at radius 2 is 2.00 bits per heavy atom. The molecule has 3 nitrogen and oxygen atoms in total. The van der Waals surface area contributed by atoms with E-state index in [2.05, 4.69) is 17.6 Å². The maximum Gasteiger partial charge on any atom is 0.315 e. The predicted molar refractivity (Wildman–Crippen MR) is 66.3 cm³/mol. The summed E-state index contributed by atoms with van der Waals surface area (Å²) in [4.78, 5) is 11.4.